The SMILES string of the molecule is Cc1csc(N2CCN(C3CCCCN(CC(=O)O)C3=O)CC2C)n1. The van der Waals surface area contributed by atoms with Gasteiger partial charge in [0, 0.05) is 37.6 Å². The lowest BCUT2D eigenvalue weighted by Crippen LogP contribution is -2.58. The van der Waals surface area contributed by atoms with Crippen molar-refractivity contribution in [3.63, 3.8) is 0 Å². The van der Waals surface area contributed by atoms with Crippen LogP contribution in [0.2, 0.25) is 0 Å². The maximum absolute atomic E-state index is 12.8. The van der Waals surface area contributed by atoms with Crippen LogP contribution in [0.3, 0.4) is 0 Å². The van der Waals surface area contributed by atoms with Crippen molar-refractivity contribution in [1.29, 1.82) is 0 Å². The lowest BCUT2D eigenvalue weighted by atomic mass is 10.1. The molecule has 0 aromatic carbocycles. The molecule has 2 unspecified atom stereocenters. The zero-order valence-electron chi connectivity index (χ0n) is 14.8. The standard InChI is InChI=1S/C17H26N4O3S/c1-12-11-25-17(18-12)21-8-7-19(9-13(21)2)14-5-3-4-6-20(16(14)24)10-15(22)23/h11,13-14H,3-10H2,1-2H3,(H,22,23). The molecule has 25 heavy (non-hydrogen) atoms. The smallest absolute Gasteiger partial charge is 0.323 e. The minimum atomic E-state index is -0.939. The molecule has 1 amide bonds. The first-order valence-corrected chi connectivity index (χ1v) is 9.77. The van der Waals surface area contributed by atoms with E-state index in [-0.39, 0.29) is 24.5 Å². The van der Waals surface area contributed by atoms with Crippen molar-refractivity contribution >= 4 is 28.3 Å². The molecule has 7 nitrogen and oxygen atoms in total. The molecule has 1 aromatic rings. The summed E-state index contributed by atoms with van der Waals surface area (Å²) in [6, 6.07) is 0.0905. The zero-order valence-corrected chi connectivity index (χ0v) is 15.7. The maximum Gasteiger partial charge on any atom is 0.323 e. The number of likely N-dealkylation sites (tertiary alicyclic amines) is 1. The summed E-state index contributed by atoms with van der Waals surface area (Å²) in [6.07, 6.45) is 2.66. The second kappa shape index (κ2) is 7.70. The van der Waals surface area contributed by atoms with Gasteiger partial charge in [0.05, 0.1) is 11.7 Å². The van der Waals surface area contributed by atoms with Crippen LogP contribution in [0.1, 0.15) is 31.9 Å². The quantitative estimate of drug-likeness (QED) is 0.869. The first-order valence-electron chi connectivity index (χ1n) is 8.89. The van der Waals surface area contributed by atoms with Crippen LogP contribution in [-0.4, -0.2) is 76.6 Å². The van der Waals surface area contributed by atoms with Crippen molar-refractivity contribution in [3.05, 3.63) is 11.1 Å². The Kier molecular flexibility index (Phi) is 5.58. The highest BCUT2D eigenvalue weighted by Crippen LogP contribution is 2.27. The van der Waals surface area contributed by atoms with Gasteiger partial charge in [0.1, 0.15) is 6.54 Å². The lowest BCUT2D eigenvalue weighted by molar-refractivity contribution is -0.146. The number of aliphatic carboxylic acids is 1. The number of nitrogens with zero attached hydrogens (tertiary/aromatic N) is 4. The third-order valence-corrected chi connectivity index (χ3v) is 6.03. The van der Waals surface area contributed by atoms with E-state index in [9.17, 15) is 9.59 Å². The van der Waals surface area contributed by atoms with Gasteiger partial charge >= 0.3 is 5.97 Å². The van der Waals surface area contributed by atoms with Crippen LogP contribution < -0.4 is 4.90 Å². The molecule has 1 aromatic heterocycles. The van der Waals surface area contributed by atoms with Gasteiger partial charge in [0.2, 0.25) is 5.91 Å². The van der Waals surface area contributed by atoms with Gasteiger partial charge in [-0.05, 0) is 33.1 Å². The number of piperazine rings is 1. The summed E-state index contributed by atoms with van der Waals surface area (Å²) < 4.78 is 0. The fourth-order valence-electron chi connectivity index (χ4n) is 3.77. The van der Waals surface area contributed by atoms with Crippen LogP contribution in [0.4, 0.5) is 5.13 Å². The van der Waals surface area contributed by atoms with Gasteiger partial charge in [0.15, 0.2) is 5.13 Å². The second-order valence-electron chi connectivity index (χ2n) is 6.97. The molecule has 0 aliphatic carbocycles. The Morgan fingerprint density at radius 3 is 2.80 bits per heavy atom. The van der Waals surface area contributed by atoms with Gasteiger partial charge in [-0.1, -0.05) is 0 Å². The third-order valence-electron chi connectivity index (χ3n) is 5.03. The number of hydrogen-bond donors (Lipinski definition) is 1. The molecule has 2 atom stereocenters. The minimum Gasteiger partial charge on any atom is -0.480 e. The fraction of sp³-hybridized carbons (Fsp3) is 0.706. The van der Waals surface area contributed by atoms with E-state index < -0.39 is 5.97 Å². The number of aryl methyl sites for hydroxylation is 1. The molecule has 2 aliphatic heterocycles. The van der Waals surface area contributed by atoms with E-state index in [1.807, 2.05) is 6.92 Å². The number of thiazole rings is 1. The largest absolute Gasteiger partial charge is 0.480 e. The molecule has 3 rings (SSSR count). The van der Waals surface area contributed by atoms with E-state index in [1.165, 1.54) is 4.90 Å². The molecule has 1 N–H and O–H groups in total. The molecule has 0 radical (unpaired) electrons. The number of carboxylic acids is 1. The number of carbonyl (C=O) groups excluding carboxylic acids is 1. The van der Waals surface area contributed by atoms with Crippen LogP contribution in [-0.2, 0) is 9.59 Å². The molecule has 0 spiro atoms. The highest BCUT2D eigenvalue weighted by atomic mass is 32.1. The average Bonchev–Trinajstić information content (AvgIpc) is 2.90. The van der Waals surface area contributed by atoms with Gasteiger partial charge in [-0.25, -0.2) is 4.98 Å². The summed E-state index contributed by atoms with van der Waals surface area (Å²) >= 11 is 1.66. The summed E-state index contributed by atoms with van der Waals surface area (Å²) in [6.45, 7) is 6.98. The van der Waals surface area contributed by atoms with Crippen LogP contribution in [0.5, 0.6) is 0 Å². The van der Waals surface area contributed by atoms with Crippen LogP contribution in [0, 0.1) is 6.92 Å². The van der Waals surface area contributed by atoms with Crippen LogP contribution in [0.25, 0.3) is 0 Å². The number of amides is 1. The van der Waals surface area contributed by atoms with E-state index in [1.54, 1.807) is 11.3 Å². The van der Waals surface area contributed by atoms with Crippen molar-refractivity contribution in [2.75, 3.05) is 37.6 Å². The Labute approximate surface area is 152 Å². The molecule has 2 fully saturated rings. The third kappa shape index (κ3) is 4.12. The van der Waals surface area contributed by atoms with E-state index in [0.29, 0.717) is 6.54 Å². The number of carboxylic acid groups (broad SMARTS) is 1. The summed E-state index contributed by atoms with van der Waals surface area (Å²) in [4.78, 5) is 34.5. The Morgan fingerprint density at radius 1 is 1.36 bits per heavy atom. The lowest BCUT2D eigenvalue weighted by Gasteiger charge is -2.43. The predicted octanol–water partition coefficient (Wildman–Crippen LogP) is 1.43. The normalized spacial score (nSPS) is 25.9. The Balaban J connectivity index is 1.67. The molecule has 0 bridgehead atoms. The minimum absolute atomic E-state index is 0.0226. The van der Waals surface area contributed by atoms with Gasteiger partial charge in [0.25, 0.3) is 0 Å². The topological polar surface area (TPSA) is 77.0 Å². The van der Waals surface area contributed by atoms with Gasteiger partial charge < -0.3 is 14.9 Å². The maximum atomic E-state index is 12.8. The predicted molar refractivity (Wildman–Crippen MR) is 97.1 cm³/mol. The fourth-order valence-corrected chi connectivity index (χ4v) is 4.70. The highest BCUT2D eigenvalue weighted by Gasteiger charge is 2.36. The molecule has 2 aliphatic rings. The second-order valence-corrected chi connectivity index (χ2v) is 7.81. The van der Waals surface area contributed by atoms with E-state index >= 15 is 0 Å². The monoisotopic (exact) mass is 366 g/mol. The highest BCUT2D eigenvalue weighted by molar-refractivity contribution is 7.13. The van der Waals surface area contributed by atoms with Gasteiger partial charge in [-0.15, -0.1) is 11.3 Å². The molecule has 8 heteroatoms. The van der Waals surface area contributed by atoms with Gasteiger partial charge in [-0.3, -0.25) is 14.5 Å². The van der Waals surface area contributed by atoms with Crippen LogP contribution >= 0.6 is 11.3 Å². The molecular formula is C17H26N4O3S. The first-order chi connectivity index (χ1) is 12.0. The van der Waals surface area contributed by atoms with E-state index in [2.05, 4.69) is 27.1 Å². The average molecular weight is 366 g/mol. The number of carbonyl (C=O) groups is 2. The molecule has 3 heterocycles. The summed E-state index contributed by atoms with van der Waals surface area (Å²) in [5.41, 5.74) is 1.04. The molecule has 0 saturated carbocycles. The van der Waals surface area contributed by atoms with Crippen molar-refractivity contribution in [2.24, 2.45) is 0 Å². The summed E-state index contributed by atoms with van der Waals surface area (Å²) in [7, 11) is 0. The summed E-state index contributed by atoms with van der Waals surface area (Å²) in [5, 5.41) is 12.2. The molecule has 2 saturated heterocycles. The van der Waals surface area contributed by atoms with Crippen molar-refractivity contribution in [1.82, 2.24) is 14.8 Å². The Bertz CT molecular complexity index is 635. The van der Waals surface area contributed by atoms with Gasteiger partial charge in [-0.2, -0.15) is 0 Å². The number of hydrogen-bond acceptors (Lipinski definition) is 6. The molecule has 138 valence electrons. The van der Waals surface area contributed by atoms with Crippen molar-refractivity contribution in [3.8, 4) is 0 Å². The van der Waals surface area contributed by atoms with E-state index in [4.69, 9.17) is 5.11 Å². The number of anilines is 1. The van der Waals surface area contributed by atoms with Crippen LogP contribution in [0.15, 0.2) is 5.38 Å². The van der Waals surface area contributed by atoms with Crippen molar-refractivity contribution < 1.29 is 14.7 Å². The zero-order chi connectivity index (χ0) is 18.0. The number of rotatable bonds is 4. The van der Waals surface area contributed by atoms with Crippen molar-refractivity contribution in [2.45, 2.75) is 45.2 Å². The molecular weight excluding hydrogens is 340 g/mol. The Hall–Kier alpha value is -1.67. The summed E-state index contributed by atoms with van der Waals surface area (Å²) in [5.74, 6) is -0.961. The van der Waals surface area contributed by atoms with E-state index in [0.717, 1.165) is 49.7 Å². The number of aromatic nitrogens is 1. The first kappa shape index (κ1) is 18.1. The Morgan fingerprint density at radius 2 is 2.16 bits per heavy atom.